The van der Waals surface area contributed by atoms with Gasteiger partial charge in [0.05, 0.1) is 24.7 Å². The summed E-state index contributed by atoms with van der Waals surface area (Å²) in [5.41, 5.74) is 4.13. The van der Waals surface area contributed by atoms with Crippen LogP contribution >= 0.6 is 0 Å². The Morgan fingerprint density at radius 1 is 1.12 bits per heavy atom. The number of methoxy groups -OCH3 is 1. The largest absolute Gasteiger partial charge is 0.497 e. The molecule has 4 nitrogen and oxygen atoms in total. The minimum absolute atomic E-state index is 0.785. The van der Waals surface area contributed by atoms with E-state index in [2.05, 4.69) is 23.2 Å². The van der Waals surface area contributed by atoms with E-state index < -0.39 is 0 Å². The van der Waals surface area contributed by atoms with Crippen LogP contribution in [-0.2, 0) is 6.42 Å². The van der Waals surface area contributed by atoms with Crippen LogP contribution in [0.3, 0.4) is 0 Å². The van der Waals surface area contributed by atoms with E-state index in [0.717, 1.165) is 40.7 Å². The number of ether oxygens (including phenoxy) is 1. The number of fused-ring (bicyclic) bond motifs is 1. The molecule has 4 rings (SSSR count). The number of aromatic nitrogens is 3. The lowest BCUT2D eigenvalue weighted by Gasteiger charge is -2.20. The zero-order valence-electron chi connectivity index (χ0n) is 14.1. The maximum absolute atomic E-state index is 5.34. The van der Waals surface area contributed by atoms with E-state index in [1.165, 1.54) is 32.1 Å². The maximum atomic E-state index is 5.34. The fraction of sp³-hybridized carbons (Fsp3) is 0.400. The third kappa shape index (κ3) is 3.01. The summed E-state index contributed by atoms with van der Waals surface area (Å²) in [6.45, 7) is 0. The van der Waals surface area contributed by atoms with E-state index in [1.54, 1.807) is 7.11 Å². The van der Waals surface area contributed by atoms with Crippen molar-refractivity contribution in [2.75, 3.05) is 7.11 Å². The Labute approximate surface area is 142 Å². The molecule has 0 aliphatic heterocycles. The summed E-state index contributed by atoms with van der Waals surface area (Å²) >= 11 is 0. The van der Waals surface area contributed by atoms with Crippen molar-refractivity contribution in [3.63, 3.8) is 0 Å². The van der Waals surface area contributed by atoms with Crippen molar-refractivity contribution < 1.29 is 4.74 Å². The first-order chi connectivity index (χ1) is 11.8. The lowest BCUT2D eigenvalue weighted by Crippen LogP contribution is -2.11. The Bertz CT molecular complexity index is 834. The van der Waals surface area contributed by atoms with Gasteiger partial charge in [-0.3, -0.25) is 0 Å². The molecule has 0 unspecified atom stereocenters. The summed E-state index contributed by atoms with van der Waals surface area (Å²) in [6.07, 6.45) is 9.77. The number of imidazole rings is 1. The van der Waals surface area contributed by atoms with Gasteiger partial charge in [-0.1, -0.05) is 44.2 Å². The van der Waals surface area contributed by atoms with Gasteiger partial charge in [0.2, 0.25) is 0 Å². The predicted octanol–water partition coefficient (Wildman–Crippen LogP) is 4.53. The third-order valence-corrected chi connectivity index (χ3v) is 5.01. The van der Waals surface area contributed by atoms with Crippen molar-refractivity contribution >= 4 is 5.65 Å². The fourth-order valence-electron chi connectivity index (χ4n) is 3.69. The van der Waals surface area contributed by atoms with Crippen LogP contribution in [0.25, 0.3) is 16.9 Å². The monoisotopic (exact) mass is 321 g/mol. The highest BCUT2D eigenvalue weighted by Crippen LogP contribution is 2.27. The second kappa shape index (κ2) is 6.63. The van der Waals surface area contributed by atoms with Crippen molar-refractivity contribution in [3.8, 4) is 17.0 Å². The zero-order chi connectivity index (χ0) is 16.4. The van der Waals surface area contributed by atoms with E-state index in [1.807, 2.05) is 28.9 Å². The summed E-state index contributed by atoms with van der Waals surface area (Å²) < 4.78 is 7.30. The molecule has 2 heterocycles. The molecule has 1 aliphatic rings. The van der Waals surface area contributed by atoms with Crippen molar-refractivity contribution in [3.05, 3.63) is 48.3 Å². The lowest BCUT2D eigenvalue weighted by atomic mass is 9.86. The van der Waals surface area contributed by atoms with Crippen LogP contribution in [-0.4, -0.2) is 21.7 Å². The van der Waals surface area contributed by atoms with Crippen LogP contribution < -0.4 is 4.74 Å². The first-order valence-corrected chi connectivity index (χ1v) is 8.81. The first-order valence-electron chi connectivity index (χ1n) is 8.81. The fourth-order valence-corrected chi connectivity index (χ4v) is 3.69. The van der Waals surface area contributed by atoms with Gasteiger partial charge in [0, 0.05) is 5.56 Å². The molecule has 0 spiro atoms. The van der Waals surface area contributed by atoms with Crippen molar-refractivity contribution in [1.29, 1.82) is 0 Å². The molecule has 0 N–H and O–H groups in total. The molecule has 0 atom stereocenters. The van der Waals surface area contributed by atoms with Gasteiger partial charge in [-0.25, -0.2) is 9.50 Å². The van der Waals surface area contributed by atoms with Crippen LogP contribution in [0.1, 0.15) is 37.8 Å². The zero-order valence-corrected chi connectivity index (χ0v) is 14.1. The van der Waals surface area contributed by atoms with Crippen molar-refractivity contribution in [1.82, 2.24) is 14.6 Å². The maximum Gasteiger partial charge on any atom is 0.154 e. The van der Waals surface area contributed by atoms with Crippen LogP contribution in [0.4, 0.5) is 0 Å². The van der Waals surface area contributed by atoms with Gasteiger partial charge in [-0.15, -0.1) is 0 Å². The van der Waals surface area contributed by atoms with E-state index in [0.29, 0.717) is 0 Å². The second-order valence-electron chi connectivity index (χ2n) is 6.68. The summed E-state index contributed by atoms with van der Waals surface area (Å²) in [4.78, 5) is 4.50. The summed E-state index contributed by atoms with van der Waals surface area (Å²) in [7, 11) is 1.69. The minimum Gasteiger partial charge on any atom is -0.497 e. The van der Waals surface area contributed by atoms with Gasteiger partial charge in [0.25, 0.3) is 0 Å². The van der Waals surface area contributed by atoms with Crippen molar-refractivity contribution in [2.24, 2.45) is 5.92 Å². The van der Waals surface area contributed by atoms with Gasteiger partial charge in [0.15, 0.2) is 5.65 Å². The number of hydrogen-bond acceptors (Lipinski definition) is 3. The van der Waals surface area contributed by atoms with E-state index in [-0.39, 0.29) is 0 Å². The Hall–Kier alpha value is -2.36. The minimum atomic E-state index is 0.785. The van der Waals surface area contributed by atoms with Gasteiger partial charge in [0.1, 0.15) is 5.75 Å². The van der Waals surface area contributed by atoms with E-state index >= 15 is 0 Å². The summed E-state index contributed by atoms with van der Waals surface area (Å²) in [6, 6.07) is 12.3. The summed E-state index contributed by atoms with van der Waals surface area (Å²) in [5.74, 6) is 1.63. The van der Waals surface area contributed by atoms with E-state index in [9.17, 15) is 0 Å². The van der Waals surface area contributed by atoms with Gasteiger partial charge >= 0.3 is 0 Å². The molecule has 0 saturated heterocycles. The van der Waals surface area contributed by atoms with Crippen LogP contribution in [0.15, 0.2) is 42.6 Å². The number of hydrogen-bond donors (Lipinski definition) is 0. The van der Waals surface area contributed by atoms with Gasteiger partial charge < -0.3 is 4.74 Å². The third-order valence-electron chi connectivity index (χ3n) is 5.01. The quantitative estimate of drug-likeness (QED) is 0.709. The van der Waals surface area contributed by atoms with Crippen LogP contribution in [0, 0.1) is 5.92 Å². The molecule has 1 saturated carbocycles. The predicted molar refractivity (Wildman–Crippen MR) is 95.3 cm³/mol. The van der Waals surface area contributed by atoms with Gasteiger partial charge in [-0.05, 0) is 36.6 Å². The van der Waals surface area contributed by atoms with Crippen LogP contribution in [0.5, 0.6) is 5.75 Å². The lowest BCUT2D eigenvalue weighted by molar-refractivity contribution is 0.353. The second-order valence-corrected chi connectivity index (χ2v) is 6.68. The Morgan fingerprint density at radius 2 is 2.00 bits per heavy atom. The molecule has 3 aromatic rings. The number of nitrogens with zero attached hydrogens (tertiary/aromatic N) is 3. The molecule has 124 valence electrons. The molecule has 1 fully saturated rings. The topological polar surface area (TPSA) is 39.4 Å². The number of rotatable bonds is 4. The molecule has 2 aromatic heterocycles. The Morgan fingerprint density at radius 3 is 2.83 bits per heavy atom. The molecule has 1 aliphatic carbocycles. The molecule has 24 heavy (non-hydrogen) atoms. The molecule has 0 bridgehead atoms. The molecular weight excluding hydrogens is 298 g/mol. The van der Waals surface area contributed by atoms with Crippen molar-refractivity contribution in [2.45, 2.75) is 38.5 Å². The smallest absolute Gasteiger partial charge is 0.154 e. The average molecular weight is 321 g/mol. The Kier molecular flexibility index (Phi) is 4.20. The molecule has 0 amide bonds. The highest BCUT2D eigenvalue weighted by atomic mass is 16.5. The molecular formula is C20H23N3O. The molecule has 1 aromatic carbocycles. The Balaban J connectivity index is 1.67. The highest BCUT2D eigenvalue weighted by molar-refractivity contribution is 5.64. The van der Waals surface area contributed by atoms with Gasteiger partial charge in [-0.2, -0.15) is 5.10 Å². The molecule has 4 heteroatoms. The first kappa shape index (κ1) is 15.2. The number of benzene rings is 1. The van der Waals surface area contributed by atoms with Crippen LogP contribution in [0.2, 0.25) is 0 Å². The standard InChI is InChI=1S/C20H23N3O/c1-24-18-9-5-8-16(13-18)19-14-21-20-11-10-17(22-23(19)20)12-15-6-3-2-4-7-15/h5,8-11,13-15H,2-4,6-7,12H2,1H3. The summed E-state index contributed by atoms with van der Waals surface area (Å²) in [5, 5.41) is 4.87. The SMILES string of the molecule is COc1cccc(-c2cnc3ccc(CC4CCCCC4)nn23)c1. The molecule has 0 radical (unpaired) electrons. The highest BCUT2D eigenvalue weighted by Gasteiger charge is 2.16. The van der Waals surface area contributed by atoms with E-state index in [4.69, 9.17) is 9.84 Å². The average Bonchev–Trinajstić information content (AvgIpc) is 3.06. The normalized spacial score (nSPS) is 15.7.